The van der Waals surface area contributed by atoms with Crippen LogP contribution < -0.4 is 5.43 Å². The van der Waals surface area contributed by atoms with Gasteiger partial charge in [-0.1, -0.05) is 6.07 Å². The Morgan fingerprint density at radius 3 is 2.79 bits per heavy atom. The number of hydrogen-bond donors (Lipinski definition) is 0. The van der Waals surface area contributed by atoms with Crippen LogP contribution in [0, 0.1) is 10.1 Å². The van der Waals surface area contributed by atoms with Gasteiger partial charge in [0.2, 0.25) is 11.3 Å². The molecule has 0 spiro atoms. The maximum Gasteiger partial charge on any atom is 0.408 e. The standard InChI is InChI=1S/C11H7NO7/c1-17-19-11(14)9-5-8(13)6-3-2-4-7(12(15)16)10(6)18-9/h2-5H,1H3. The lowest BCUT2D eigenvalue weighted by Gasteiger charge is -2.01. The first-order valence-corrected chi connectivity index (χ1v) is 5.01. The predicted octanol–water partition coefficient (Wildman–Crippen LogP) is 1.42. The molecule has 8 nitrogen and oxygen atoms in total. The molecule has 2 aromatic rings. The van der Waals surface area contributed by atoms with E-state index < -0.39 is 27.8 Å². The number of non-ortho nitro benzene ring substituents is 1. The fourth-order valence-corrected chi connectivity index (χ4v) is 1.52. The van der Waals surface area contributed by atoms with Gasteiger partial charge in [-0.15, -0.1) is 0 Å². The zero-order valence-corrected chi connectivity index (χ0v) is 9.61. The Labute approximate surface area is 105 Å². The lowest BCUT2D eigenvalue weighted by Crippen LogP contribution is -2.10. The molecule has 98 valence electrons. The van der Waals surface area contributed by atoms with Crippen molar-refractivity contribution < 1.29 is 23.9 Å². The first-order chi connectivity index (χ1) is 9.04. The number of nitro benzene ring substituents is 1. The average Bonchev–Trinajstić information content (AvgIpc) is 2.38. The van der Waals surface area contributed by atoms with E-state index in [0.29, 0.717) is 0 Å². The Balaban J connectivity index is 2.73. The minimum Gasteiger partial charge on any atom is -0.441 e. The Bertz CT molecular complexity index is 719. The Kier molecular flexibility index (Phi) is 3.25. The van der Waals surface area contributed by atoms with E-state index in [2.05, 4.69) is 9.78 Å². The smallest absolute Gasteiger partial charge is 0.408 e. The van der Waals surface area contributed by atoms with Crippen LogP contribution in [-0.2, 0) is 9.78 Å². The predicted molar refractivity (Wildman–Crippen MR) is 61.6 cm³/mol. The average molecular weight is 265 g/mol. The largest absolute Gasteiger partial charge is 0.441 e. The van der Waals surface area contributed by atoms with Crippen molar-refractivity contribution in [3.63, 3.8) is 0 Å². The molecule has 0 amide bonds. The van der Waals surface area contributed by atoms with Crippen molar-refractivity contribution in [3.05, 3.63) is 50.4 Å². The third-order valence-electron chi connectivity index (χ3n) is 2.29. The molecule has 0 bridgehead atoms. The number of carbonyl (C=O) groups is 1. The Morgan fingerprint density at radius 2 is 2.16 bits per heavy atom. The summed E-state index contributed by atoms with van der Waals surface area (Å²) in [4.78, 5) is 41.6. The fourth-order valence-electron chi connectivity index (χ4n) is 1.52. The van der Waals surface area contributed by atoms with Crippen LogP contribution in [0.25, 0.3) is 11.0 Å². The monoisotopic (exact) mass is 265 g/mol. The summed E-state index contributed by atoms with van der Waals surface area (Å²) in [5.41, 5.74) is -1.29. The molecule has 0 atom stereocenters. The van der Waals surface area contributed by atoms with Crippen LogP contribution in [0.15, 0.2) is 33.5 Å². The van der Waals surface area contributed by atoms with Gasteiger partial charge in [0.1, 0.15) is 0 Å². The van der Waals surface area contributed by atoms with Crippen LogP contribution in [0.1, 0.15) is 10.6 Å². The molecule has 0 saturated heterocycles. The summed E-state index contributed by atoms with van der Waals surface area (Å²) in [5, 5.41) is 10.8. The fraction of sp³-hybridized carbons (Fsp3) is 0.0909. The molecular weight excluding hydrogens is 258 g/mol. The first kappa shape index (κ1) is 12.7. The van der Waals surface area contributed by atoms with Crippen LogP contribution in [0.2, 0.25) is 0 Å². The van der Waals surface area contributed by atoms with Crippen LogP contribution in [0.4, 0.5) is 5.69 Å². The molecule has 1 aromatic carbocycles. The van der Waals surface area contributed by atoms with E-state index in [1.54, 1.807) is 0 Å². The molecular formula is C11H7NO7. The second-order valence-electron chi connectivity index (χ2n) is 3.42. The Morgan fingerprint density at radius 1 is 1.42 bits per heavy atom. The minimum absolute atomic E-state index is 0.00293. The van der Waals surface area contributed by atoms with Gasteiger partial charge in [0, 0.05) is 12.1 Å². The number of benzene rings is 1. The highest BCUT2D eigenvalue weighted by atomic mass is 17.2. The maximum absolute atomic E-state index is 11.8. The van der Waals surface area contributed by atoms with Gasteiger partial charge in [-0.3, -0.25) is 19.8 Å². The molecule has 0 aliphatic rings. The van der Waals surface area contributed by atoms with Gasteiger partial charge in [-0.05, 0) is 6.07 Å². The molecule has 0 aliphatic carbocycles. The van der Waals surface area contributed by atoms with E-state index in [1.807, 2.05) is 0 Å². The van der Waals surface area contributed by atoms with Gasteiger partial charge in [0.25, 0.3) is 0 Å². The van der Waals surface area contributed by atoms with E-state index in [-0.39, 0.29) is 11.0 Å². The summed E-state index contributed by atoms with van der Waals surface area (Å²) in [6.07, 6.45) is 0. The molecule has 19 heavy (non-hydrogen) atoms. The number of nitro groups is 1. The highest BCUT2D eigenvalue weighted by Gasteiger charge is 2.20. The molecule has 0 saturated carbocycles. The van der Waals surface area contributed by atoms with E-state index >= 15 is 0 Å². The third kappa shape index (κ3) is 2.29. The number of carbonyl (C=O) groups excluding carboxylic acids is 1. The summed E-state index contributed by atoms with van der Waals surface area (Å²) in [5.74, 6) is -1.53. The molecule has 0 N–H and O–H groups in total. The number of rotatable bonds is 3. The molecule has 1 aromatic heterocycles. The number of para-hydroxylation sites is 1. The van der Waals surface area contributed by atoms with Gasteiger partial charge in [0.05, 0.1) is 17.4 Å². The van der Waals surface area contributed by atoms with Gasteiger partial charge in [0.15, 0.2) is 5.43 Å². The lowest BCUT2D eigenvalue weighted by molar-refractivity contribution is -0.383. The summed E-state index contributed by atoms with van der Waals surface area (Å²) in [6.45, 7) is 0. The lowest BCUT2D eigenvalue weighted by atomic mass is 10.2. The van der Waals surface area contributed by atoms with Gasteiger partial charge in [-0.25, -0.2) is 4.79 Å². The van der Waals surface area contributed by atoms with Crippen molar-refractivity contribution in [2.24, 2.45) is 0 Å². The van der Waals surface area contributed by atoms with Gasteiger partial charge < -0.3 is 4.42 Å². The molecule has 0 aliphatic heterocycles. The first-order valence-electron chi connectivity index (χ1n) is 5.01. The second-order valence-corrected chi connectivity index (χ2v) is 3.42. The van der Waals surface area contributed by atoms with E-state index in [0.717, 1.165) is 19.2 Å². The van der Waals surface area contributed by atoms with Crippen molar-refractivity contribution in [1.82, 2.24) is 0 Å². The molecule has 2 rings (SSSR count). The van der Waals surface area contributed by atoms with Gasteiger partial charge in [-0.2, -0.15) is 4.89 Å². The SMILES string of the molecule is COOC(=O)c1cc(=O)c2cccc([N+](=O)[O-])c2o1. The van der Waals surface area contributed by atoms with Crippen molar-refractivity contribution in [3.8, 4) is 0 Å². The van der Waals surface area contributed by atoms with Crippen molar-refractivity contribution in [2.45, 2.75) is 0 Å². The highest BCUT2D eigenvalue weighted by molar-refractivity contribution is 5.91. The topological polar surface area (TPSA) is 109 Å². The molecule has 0 radical (unpaired) electrons. The molecule has 0 fully saturated rings. The van der Waals surface area contributed by atoms with E-state index in [4.69, 9.17) is 4.42 Å². The molecule has 8 heteroatoms. The summed E-state index contributed by atoms with van der Waals surface area (Å²) in [7, 11) is 1.10. The second kappa shape index (κ2) is 4.86. The number of fused-ring (bicyclic) bond motifs is 1. The zero-order valence-electron chi connectivity index (χ0n) is 9.61. The molecule has 1 heterocycles. The van der Waals surface area contributed by atoms with E-state index in [9.17, 15) is 19.7 Å². The summed E-state index contributed by atoms with van der Waals surface area (Å²) in [6, 6.07) is 4.76. The summed E-state index contributed by atoms with van der Waals surface area (Å²) >= 11 is 0. The zero-order chi connectivity index (χ0) is 14.0. The maximum atomic E-state index is 11.8. The summed E-state index contributed by atoms with van der Waals surface area (Å²) < 4.78 is 5.05. The van der Waals surface area contributed by atoms with Crippen LogP contribution in [0.5, 0.6) is 0 Å². The van der Waals surface area contributed by atoms with Crippen molar-refractivity contribution >= 4 is 22.6 Å². The van der Waals surface area contributed by atoms with Crippen molar-refractivity contribution in [2.75, 3.05) is 7.11 Å². The quantitative estimate of drug-likeness (QED) is 0.469. The van der Waals surface area contributed by atoms with Crippen molar-refractivity contribution in [1.29, 1.82) is 0 Å². The van der Waals surface area contributed by atoms with Crippen LogP contribution in [-0.4, -0.2) is 18.0 Å². The highest BCUT2D eigenvalue weighted by Crippen LogP contribution is 2.24. The number of nitrogens with zero attached hydrogens (tertiary/aromatic N) is 1. The molecule has 0 unspecified atom stereocenters. The number of hydrogen-bond acceptors (Lipinski definition) is 7. The van der Waals surface area contributed by atoms with Crippen LogP contribution >= 0.6 is 0 Å². The van der Waals surface area contributed by atoms with Gasteiger partial charge >= 0.3 is 11.7 Å². The van der Waals surface area contributed by atoms with Crippen LogP contribution in [0.3, 0.4) is 0 Å². The minimum atomic E-state index is -1.06. The normalized spacial score (nSPS) is 10.4. The van der Waals surface area contributed by atoms with E-state index in [1.165, 1.54) is 12.1 Å². The Hall–Kier alpha value is -2.74. The third-order valence-corrected chi connectivity index (χ3v) is 2.29.